The summed E-state index contributed by atoms with van der Waals surface area (Å²) >= 11 is 0. The van der Waals surface area contributed by atoms with Crippen LogP contribution in [0.3, 0.4) is 0 Å². The number of pyridine rings is 1. The number of benzene rings is 1. The monoisotopic (exact) mass is 520 g/mol. The minimum atomic E-state index is -2.00. The number of alkyl halides is 1. The Morgan fingerprint density at radius 2 is 1.76 bits per heavy atom. The topological polar surface area (TPSA) is 113 Å². The van der Waals surface area contributed by atoms with Crippen LogP contribution in [0.1, 0.15) is 50.0 Å². The number of carbonyl (C=O) groups excluding carboxylic acids is 3. The maximum Gasteiger partial charge on any atom is 0.870 e. The number of anilines is 1. The van der Waals surface area contributed by atoms with Crippen molar-refractivity contribution in [3.8, 4) is 5.75 Å². The molecule has 13 heteroatoms. The molecule has 2 atom stereocenters. The van der Waals surface area contributed by atoms with Gasteiger partial charge in [-0.15, -0.1) is 0 Å². The number of methoxy groups -OCH3 is 1. The molecular formula is C24H27BF2N2O8. The van der Waals surface area contributed by atoms with Crippen LogP contribution in [0, 0.1) is 17.7 Å². The van der Waals surface area contributed by atoms with Crippen LogP contribution >= 0.6 is 0 Å². The van der Waals surface area contributed by atoms with Crippen LogP contribution in [0.25, 0.3) is 10.9 Å². The molecule has 0 radical (unpaired) electrons. The van der Waals surface area contributed by atoms with E-state index in [1.165, 1.54) is 13.3 Å². The lowest BCUT2D eigenvalue weighted by molar-refractivity contribution is -0.139. The minimum absolute atomic E-state index is 0.00466. The fourth-order valence-corrected chi connectivity index (χ4v) is 4.63. The van der Waals surface area contributed by atoms with Crippen LogP contribution in [0.5, 0.6) is 5.75 Å². The molecule has 1 saturated heterocycles. The van der Waals surface area contributed by atoms with E-state index in [1.54, 1.807) is 9.47 Å². The molecule has 1 aliphatic carbocycles. The van der Waals surface area contributed by atoms with Gasteiger partial charge in [-0.1, -0.05) is 6.92 Å². The van der Waals surface area contributed by atoms with E-state index >= 15 is 4.39 Å². The van der Waals surface area contributed by atoms with Gasteiger partial charge in [0.1, 0.15) is 11.3 Å². The average molecular weight is 520 g/mol. The van der Waals surface area contributed by atoms with E-state index in [1.807, 2.05) is 6.92 Å². The first-order chi connectivity index (χ1) is 17.5. The molecule has 1 aromatic heterocycles. The Morgan fingerprint density at radius 3 is 2.27 bits per heavy atom. The molecule has 1 aromatic carbocycles. The van der Waals surface area contributed by atoms with Crippen molar-refractivity contribution < 1.29 is 41.9 Å². The van der Waals surface area contributed by atoms with Crippen molar-refractivity contribution in [2.75, 3.05) is 31.8 Å². The van der Waals surface area contributed by atoms with Crippen LogP contribution in [-0.4, -0.2) is 56.7 Å². The second-order valence-corrected chi connectivity index (χ2v) is 9.36. The van der Waals surface area contributed by atoms with Gasteiger partial charge in [0, 0.05) is 45.1 Å². The summed E-state index contributed by atoms with van der Waals surface area (Å²) in [5.41, 5.74) is -0.880. The zero-order valence-corrected chi connectivity index (χ0v) is 20.9. The zero-order chi connectivity index (χ0) is 27.0. The summed E-state index contributed by atoms with van der Waals surface area (Å²) in [5.74, 6) is -3.91. The number of hydrogen-bond acceptors (Lipinski definition) is 9. The Hall–Kier alpha value is -3.64. The maximum absolute atomic E-state index is 15.5. The zero-order valence-electron chi connectivity index (χ0n) is 20.9. The van der Waals surface area contributed by atoms with Crippen molar-refractivity contribution in [2.24, 2.45) is 11.8 Å². The second kappa shape index (κ2) is 10.4. The van der Waals surface area contributed by atoms with Gasteiger partial charge in [-0.05, 0) is 24.8 Å². The van der Waals surface area contributed by atoms with Gasteiger partial charge in [-0.25, -0.2) is 9.18 Å². The summed E-state index contributed by atoms with van der Waals surface area (Å²) < 4.78 is 50.6. The number of aromatic nitrogens is 1. The van der Waals surface area contributed by atoms with Crippen molar-refractivity contribution in [1.29, 1.82) is 0 Å². The van der Waals surface area contributed by atoms with Gasteiger partial charge >= 0.3 is 13.3 Å². The minimum Gasteiger partial charge on any atom is -0.492 e. The lowest BCUT2D eigenvalue weighted by Gasteiger charge is -2.25. The van der Waals surface area contributed by atoms with E-state index < -0.39 is 48.7 Å². The highest BCUT2D eigenvalue weighted by Crippen LogP contribution is 2.45. The van der Waals surface area contributed by atoms with Crippen LogP contribution < -0.4 is 15.1 Å². The first-order valence-electron chi connectivity index (χ1n) is 11.9. The normalized spacial score (nSPS) is 19.0. The van der Waals surface area contributed by atoms with E-state index in [0.717, 1.165) is 32.8 Å². The quantitative estimate of drug-likeness (QED) is 0.485. The Labute approximate surface area is 211 Å². The van der Waals surface area contributed by atoms with Crippen LogP contribution in [0.4, 0.5) is 14.5 Å². The third-order valence-electron chi connectivity index (χ3n) is 6.57. The summed E-state index contributed by atoms with van der Waals surface area (Å²) in [7, 11) is -0.641. The molecular weight excluding hydrogens is 493 g/mol. The van der Waals surface area contributed by atoms with Crippen molar-refractivity contribution in [3.63, 3.8) is 0 Å². The lowest BCUT2D eigenvalue weighted by atomic mass is 10.0. The summed E-state index contributed by atoms with van der Waals surface area (Å²) in [6, 6.07) is 0.949. The van der Waals surface area contributed by atoms with Gasteiger partial charge < -0.3 is 28.2 Å². The molecule has 2 fully saturated rings. The van der Waals surface area contributed by atoms with E-state index in [4.69, 9.17) is 9.39 Å². The second-order valence-electron chi connectivity index (χ2n) is 9.36. The van der Waals surface area contributed by atoms with Crippen LogP contribution in [0.2, 0.25) is 0 Å². The molecule has 0 bridgehead atoms. The first kappa shape index (κ1) is 26.4. The van der Waals surface area contributed by atoms with Crippen molar-refractivity contribution in [2.45, 2.75) is 39.7 Å². The molecule has 10 nitrogen and oxygen atoms in total. The molecule has 2 aliphatic rings. The van der Waals surface area contributed by atoms with Crippen molar-refractivity contribution in [1.82, 2.24) is 4.57 Å². The molecule has 1 aliphatic heterocycles. The SMILES string of the molecule is COc1c(N2CC(C)C(CF)C2)c(F)cc2c(=O)c(C(=O)OB(OC(C)=O)OC(C)=O)cn(C3CC3)c12. The third kappa shape index (κ3) is 5.25. The van der Waals surface area contributed by atoms with Crippen molar-refractivity contribution in [3.05, 3.63) is 33.9 Å². The molecule has 0 spiro atoms. The first-order valence-corrected chi connectivity index (χ1v) is 11.9. The molecule has 37 heavy (non-hydrogen) atoms. The van der Waals surface area contributed by atoms with Crippen LogP contribution in [0.15, 0.2) is 17.1 Å². The van der Waals surface area contributed by atoms with E-state index in [-0.39, 0.29) is 34.7 Å². The van der Waals surface area contributed by atoms with Gasteiger partial charge in [0.15, 0.2) is 11.6 Å². The van der Waals surface area contributed by atoms with E-state index in [2.05, 4.69) is 9.31 Å². The number of hydrogen-bond donors (Lipinski definition) is 0. The number of halogens is 2. The van der Waals surface area contributed by atoms with E-state index in [9.17, 15) is 23.6 Å². The Morgan fingerprint density at radius 1 is 1.11 bits per heavy atom. The molecule has 2 heterocycles. The fourth-order valence-electron chi connectivity index (χ4n) is 4.63. The summed E-state index contributed by atoms with van der Waals surface area (Å²) in [6.45, 7) is 4.11. The molecule has 0 amide bonds. The van der Waals surface area contributed by atoms with Gasteiger partial charge in [-0.2, -0.15) is 0 Å². The summed E-state index contributed by atoms with van der Waals surface area (Å²) in [6.07, 6.45) is 2.78. The number of rotatable bonds is 8. The van der Waals surface area contributed by atoms with E-state index in [0.29, 0.717) is 18.6 Å². The Kier molecular flexibility index (Phi) is 7.42. The standard InChI is InChI=1S/C24H27BF2N2O8/c1-12-9-28(10-15(12)8-26)21-19(27)7-17-20(23(21)34-4)29(16-5-6-16)11-18(22(17)32)24(33)37-25(35-13(2)30)36-14(3)31/h7,11-12,15-16H,5-6,8-10H2,1-4H3. The summed E-state index contributed by atoms with van der Waals surface area (Å²) in [4.78, 5) is 50.6. The molecule has 1 saturated carbocycles. The maximum atomic E-state index is 15.5. The predicted octanol–water partition coefficient (Wildman–Crippen LogP) is 2.79. The highest BCUT2D eigenvalue weighted by atomic mass is 19.1. The number of ether oxygens (including phenoxy) is 1. The van der Waals surface area contributed by atoms with Gasteiger partial charge in [0.25, 0.3) is 11.9 Å². The number of carbonyl (C=O) groups is 3. The predicted molar refractivity (Wildman–Crippen MR) is 129 cm³/mol. The van der Waals surface area contributed by atoms with Crippen LogP contribution in [-0.2, 0) is 23.6 Å². The highest BCUT2D eigenvalue weighted by Gasteiger charge is 2.38. The molecule has 198 valence electrons. The van der Waals surface area contributed by atoms with Gasteiger partial charge in [-0.3, -0.25) is 18.8 Å². The Bertz CT molecular complexity index is 1300. The van der Waals surface area contributed by atoms with Gasteiger partial charge in [0.2, 0.25) is 5.43 Å². The third-order valence-corrected chi connectivity index (χ3v) is 6.57. The molecule has 4 rings (SSSR count). The number of nitrogens with zero attached hydrogens (tertiary/aromatic N) is 2. The Balaban J connectivity index is 1.83. The highest BCUT2D eigenvalue weighted by molar-refractivity contribution is 6.44. The van der Waals surface area contributed by atoms with Gasteiger partial charge in [0.05, 0.1) is 24.7 Å². The van der Waals surface area contributed by atoms with Crippen molar-refractivity contribution >= 4 is 41.8 Å². The average Bonchev–Trinajstić information content (AvgIpc) is 3.59. The molecule has 2 aromatic rings. The largest absolute Gasteiger partial charge is 0.870 e. The fraction of sp³-hybridized carbons (Fsp3) is 0.500. The smallest absolute Gasteiger partial charge is 0.492 e. The number of fused-ring (bicyclic) bond motifs is 1. The summed E-state index contributed by atoms with van der Waals surface area (Å²) in [5, 5.41) is -0.120. The molecule has 0 N–H and O–H groups in total. The lowest BCUT2D eigenvalue weighted by Crippen LogP contribution is -2.35. The molecule has 2 unspecified atom stereocenters.